The first-order chi connectivity index (χ1) is 10.3. The van der Waals surface area contributed by atoms with Crippen LogP contribution in [0.2, 0.25) is 0 Å². The van der Waals surface area contributed by atoms with Gasteiger partial charge in [0.1, 0.15) is 0 Å². The van der Waals surface area contributed by atoms with E-state index in [1.165, 1.54) is 55.2 Å². The third-order valence-electron chi connectivity index (χ3n) is 3.54. The zero-order valence-electron chi connectivity index (χ0n) is 12.7. The molecule has 21 heavy (non-hydrogen) atoms. The number of rotatable bonds is 11. The number of hydrogen-bond acceptors (Lipinski definition) is 3. The Hall–Kier alpha value is -1.89. The molecule has 0 unspecified atom stereocenters. The minimum absolute atomic E-state index is 0.0557. The van der Waals surface area contributed by atoms with E-state index in [1.54, 1.807) is 6.20 Å². The van der Waals surface area contributed by atoms with E-state index >= 15 is 0 Å². The largest absolute Gasteiger partial charge is 0.494 e. The van der Waals surface area contributed by atoms with Crippen LogP contribution in [-0.4, -0.2) is 14.8 Å². The molecular weight excluding hydrogens is 264 g/mol. The standard InChI is InChI=1S/C17H26N2O2/c18-14-10-8-6-4-2-1-3-5-7-9-11-15-19-16(20)12-13-17(19)21/h11-13,15,20-21H,1-10H2. The molecule has 0 aliphatic carbocycles. The second-order valence-electron chi connectivity index (χ2n) is 5.33. The molecule has 0 fully saturated rings. The van der Waals surface area contributed by atoms with Gasteiger partial charge >= 0.3 is 0 Å². The average molecular weight is 290 g/mol. The van der Waals surface area contributed by atoms with Crippen molar-refractivity contribution in [2.45, 2.75) is 64.2 Å². The smallest absolute Gasteiger partial charge is 0.198 e. The maximum Gasteiger partial charge on any atom is 0.198 e. The van der Waals surface area contributed by atoms with Crippen molar-refractivity contribution in [3.05, 3.63) is 18.2 Å². The SMILES string of the molecule is N#CCCCCCCCCCCC=Cn1c(O)ccc1O. The van der Waals surface area contributed by atoms with Crippen molar-refractivity contribution in [3.8, 4) is 17.8 Å². The first-order valence-corrected chi connectivity index (χ1v) is 7.88. The summed E-state index contributed by atoms with van der Waals surface area (Å²) in [6, 6.07) is 5.11. The van der Waals surface area contributed by atoms with E-state index < -0.39 is 0 Å². The van der Waals surface area contributed by atoms with Crippen LogP contribution in [0.25, 0.3) is 6.20 Å². The van der Waals surface area contributed by atoms with Crippen molar-refractivity contribution in [2.75, 3.05) is 0 Å². The molecule has 1 rings (SSSR count). The lowest BCUT2D eigenvalue weighted by molar-refractivity contribution is 0.407. The second kappa shape index (κ2) is 10.8. The number of aromatic nitrogens is 1. The monoisotopic (exact) mass is 290 g/mol. The van der Waals surface area contributed by atoms with Gasteiger partial charge in [-0.15, -0.1) is 0 Å². The summed E-state index contributed by atoms with van der Waals surface area (Å²) >= 11 is 0. The summed E-state index contributed by atoms with van der Waals surface area (Å²) in [6.45, 7) is 0. The number of nitriles is 1. The molecule has 0 aliphatic rings. The highest BCUT2D eigenvalue weighted by Crippen LogP contribution is 2.21. The second-order valence-corrected chi connectivity index (χ2v) is 5.33. The Kier molecular flexibility index (Phi) is 8.86. The van der Waals surface area contributed by atoms with E-state index in [2.05, 4.69) is 6.07 Å². The summed E-state index contributed by atoms with van der Waals surface area (Å²) in [4.78, 5) is 0. The quantitative estimate of drug-likeness (QED) is 0.575. The predicted molar refractivity (Wildman–Crippen MR) is 84.9 cm³/mol. The van der Waals surface area contributed by atoms with Crippen molar-refractivity contribution in [1.82, 2.24) is 4.57 Å². The molecule has 116 valence electrons. The lowest BCUT2D eigenvalue weighted by Gasteiger charge is -2.01. The van der Waals surface area contributed by atoms with Crippen LogP contribution in [0, 0.1) is 11.3 Å². The van der Waals surface area contributed by atoms with Crippen molar-refractivity contribution in [3.63, 3.8) is 0 Å². The first kappa shape index (κ1) is 17.2. The van der Waals surface area contributed by atoms with Gasteiger partial charge in [-0.25, -0.2) is 0 Å². The molecule has 0 amide bonds. The molecule has 2 N–H and O–H groups in total. The number of nitrogens with zero attached hydrogens (tertiary/aromatic N) is 2. The number of allylic oxidation sites excluding steroid dienone is 1. The number of hydrogen-bond donors (Lipinski definition) is 2. The van der Waals surface area contributed by atoms with Gasteiger partial charge in [-0.2, -0.15) is 5.26 Å². The van der Waals surface area contributed by atoms with E-state index in [0.29, 0.717) is 6.42 Å². The predicted octanol–water partition coefficient (Wildman–Crippen LogP) is 4.79. The van der Waals surface area contributed by atoms with Crippen LogP contribution in [0.4, 0.5) is 0 Å². The molecule has 1 aromatic heterocycles. The van der Waals surface area contributed by atoms with Crippen LogP contribution in [0.5, 0.6) is 11.8 Å². The molecule has 1 heterocycles. The van der Waals surface area contributed by atoms with Crippen molar-refractivity contribution in [1.29, 1.82) is 5.26 Å². The molecule has 0 radical (unpaired) electrons. The summed E-state index contributed by atoms with van der Waals surface area (Å²) in [5.41, 5.74) is 0. The number of aromatic hydroxyl groups is 2. The molecule has 1 aromatic rings. The highest BCUT2D eigenvalue weighted by Gasteiger charge is 2.00. The Bertz CT molecular complexity index is 438. The molecule has 0 saturated carbocycles. The van der Waals surface area contributed by atoms with Crippen LogP contribution in [0.1, 0.15) is 64.2 Å². The molecular formula is C17H26N2O2. The Morgan fingerprint density at radius 2 is 1.43 bits per heavy atom. The first-order valence-electron chi connectivity index (χ1n) is 7.88. The van der Waals surface area contributed by atoms with Gasteiger partial charge in [0.25, 0.3) is 0 Å². The van der Waals surface area contributed by atoms with Gasteiger partial charge in [0, 0.05) is 24.8 Å². The summed E-state index contributed by atoms with van der Waals surface area (Å²) in [7, 11) is 0. The van der Waals surface area contributed by atoms with Crippen LogP contribution in [0.15, 0.2) is 18.2 Å². The topological polar surface area (TPSA) is 69.2 Å². The zero-order valence-corrected chi connectivity index (χ0v) is 12.7. The van der Waals surface area contributed by atoms with Gasteiger partial charge in [0.05, 0.1) is 6.07 Å². The van der Waals surface area contributed by atoms with E-state index in [0.717, 1.165) is 19.3 Å². The Balaban J connectivity index is 1.94. The molecule has 4 heteroatoms. The maximum atomic E-state index is 9.44. The average Bonchev–Trinajstić information content (AvgIpc) is 2.80. The van der Waals surface area contributed by atoms with Crippen LogP contribution < -0.4 is 0 Å². The maximum absolute atomic E-state index is 9.44. The van der Waals surface area contributed by atoms with E-state index in [-0.39, 0.29) is 11.8 Å². The zero-order chi connectivity index (χ0) is 15.3. The van der Waals surface area contributed by atoms with Crippen molar-refractivity contribution < 1.29 is 10.2 Å². The van der Waals surface area contributed by atoms with Gasteiger partial charge in [0.2, 0.25) is 0 Å². The van der Waals surface area contributed by atoms with Gasteiger partial charge in [-0.3, -0.25) is 4.57 Å². The highest BCUT2D eigenvalue weighted by atomic mass is 16.3. The molecule has 0 bridgehead atoms. The summed E-state index contributed by atoms with van der Waals surface area (Å²) in [6.07, 6.45) is 14.9. The lowest BCUT2D eigenvalue weighted by Crippen LogP contribution is -1.84. The summed E-state index contributed by atoms with van der Waals surface area (Å²) < 4.78 is 1.36. The fraction of sp³-hybridized carbons (Fsp3) is 0.588. The Morgan fingerprint density at radius 1 is 0.905 bits per heavy atom. The lowest BCUT2D eigenvalue weighted by atomic mass is 10.1. The van der Waals surface area contributed by atoms with E-state index in [1.807, 2.05) is 6.08 Å². The van der Waals surface area contributed by atoms with Gasteiger partial charge in [-0.1, -0.05) is 44.6 Å². The van der Waals surface area contributed by atoms with Crippen molar-refractivity contribution in [2.24, 2.45) is 0 Å². The highest BCUT2D eigenvalue weighted by molar-refractivity contribution is 5.38. The van der Waals surface area contributed by atoms with Gasteiger partial charge in [0.15, 0.2) is 11.8 Å². The van der Waals surface area contributed by atoms with Crippen LogP contribution >= 0.6 is 0 Å². The fourth-order valence-electron chi connectivity index (χ4n) is 2.29. The third kappa shape index (κ3) is 7.45. The minimum Gasteiger partial charge on any atom is -0.494 e. The fourth-order valence-corrected chi connectivity index (χ4v) is 2.29. The van der Waals surface area contributed by atoms with E-state index in [9.17, 15) is 10.2 Å². The molecule has 0 aromatic carbocycles. The molecule has 0 spiro atoms. The van der Waals surface area contributed by atoms with Gasteiger partial charge < -0.3 is 10.2 Å². The molecule has 0 atom stereocenters. The van der Waals surface area contributed by atoms with Crippen LogP contribution in [-0.2, 0) is 0 Å². The Labute approximate surface area is 127 Å². The molecule has 0 aliphatic heterocycles. The Morgan fingerprint density at radius 3 is 2.00 bits per heavy atom. The number of unbranched alkanes of at least 4 members (excludes halogenated alkanes) is 9. The third-order valence-corrected chi connectivity index (χ3v) is 3.54. The van der Waals surface area contributed by atoms with Crippen LogP contribution in [0.3, 0.4) is 0 Å². The minimum atomic E-state index is 0.0557. The summed E-state index contributed by atoms with van der Waals surface area (Å²) in [5, 5.41) is 27.3. The van der Waals surface area contributed by atoms with E-state index in [4.69, 9.17) is 5.26 Å². The van der Waals surface area contributed by atoms with Crippen molar-refractivity contribution >= 4 is 6.20 Å². The molecule has 4 nitrogen and oxygen atoms in total. The molecule has 0 saturated heterocycles. The van der Waals surface area contributed by atoms with Gasteiger partial charge in [-0.05, 0) is 19.3 Å². The normalized spacial score (nSPS) is 11.0. The summed E-state index contributed by atoms with van der Waals surface area (Å²) in [5.74, 6) is 0.111.